The molecule has 2 aromatic carbocycles. The van der Waals surface area contributed by atoms with Crippen molar-refractivity contribution in [3.63, 3.8) is 0 Å². The maximum atomic E-state index is 12.6. The first-order valence-electron chi connectivity index (χ1n) is 19.9. The molecule has 16 nitrogen and oxygen atoms in total. The van der Waals surface area contributed by atoms with Gasteiger partial charge in [0.25, 0.3) is 17.4 Å². The molecule has 1 fully saturated rings. The van der Waals surface area contributed by atoms with Gasteiger partial charge in [-0.3, -0.25) is 34.0 Å². The number of unbranched alkanes of at least 4 members (excludes halogenated alkanes) is 2. The van der Waals surface area contributed by atoms with Gasteiger partial charge in [0, 0.05) is 90.8 Å². The fourth-order valence-corrected chi connectivity index (χ4v) is 7.19. The van der Waals surface area contributed by atoms with Gasteiger partial charge in [-0.15, -0.1) is 0 Å². The average molecular weight is 826 g/mol. The number of nitrogens with two attached hydrogens (primary N) is 1. The van der Waals surface area contributed by atoms with Crippen LogP contribution in [0.25, 0.3) is 21.9 Å². The van der Waals surface area contributed by atoms with E-state index in [0.717, 1.165) is 84.0 Å². The lowest BCUT2D eigenvalue weighted by Crippen LogP contribution is -2.51. The first-order valence-corrected chi connectivity index (χ1v) is 19.9. The molecule has 1 atom stereocenters. The molecular formula is C44H55N7O9. The summed E-state index contributed by atoms with van der Waals surface area (Å²) in [5.74, 6) is 0.0158. The van der Waals surface area contributed by atoms with E-state index in [9.17, 15) is 24.0 Å². The van der Waals surface area contributed by atoms with E-state index in [4.69, 9.17) is 24.7 Å². The zero-order valence-electron chi connectivity index (χ0n) is 34.9. The summed E-state index contributed by atoms with van der Waals surface area (Å²) in [5.41, 5.74) is 10.1. The van der Waals surface area contributed by atoms with Gasteiger partial charge in [0.2, 0.25) is 5.91 Å². The Kier molecular flexibility index (Phi) is 16.3. The summed E-state index contributed by atoms with van der Waals surface area (Å²) >= 11 is 0. The standard InChI is InChI=1S/C30H41N5O5.C14H14N2O4/c1-34-18-26(24-8-10-33-15-25(24)30(34)36)21-12-28(38-3)27(29(13-21)39-4)19-35-16-23(17-35)40-20-22(31)14-32-9-6-5-7-11-37-2;1-15-12(18)11(7-4-8-17)16-13(19)9-5-2-3-6-10(9)14(16)20/h8,10,12-15,18,23,32H,5-7,9,11,16-17,19-20,31H2,1-4H3;2-3,5-6,8,11H,4,7H2,1H3,(H,15,18)/b22-14-;. The van der Waals surface area contributed by atoms with Crippen LogP contribution in [0.2, 0.25) is 0 Å². The Hall–Kier alpha value is -6.10. The zero-order chi connectivity index (χ0) is 43.2. The molecule has 0 aliphatic carbocycles. The molecule has 16 heteroatoms. The van der Waals surface area contributed by atoms with Crippen LogP contribution >= 0.6 is 0 Å². The van der Waals surface area contributed by atoms with Crippen LogP contribution in [0.5, 0.6) is 11.5 Å². The summed E-state index contributed by atoms with van der Waals surface area (Å²) in [5, 5.41) is 7.08. The number of hydrogen-bond donors (Lipinski definition) is 3. The fourth-order valence-electron chi connectivity index (χ4n) is 7.19. The normalized spacial score (nSPS) is 14.6. The average Bonchev–Trinajstić information content (AvgIpc) is 3.50. The Bertz CT molecular complexity index is 2180. The van der Waals surface area contributed by atoms with E-state index in [-0.39, 0.29) is 35.6 Å². The molecule has 2 aromatic heterocycles. The summed E-state index contributed by atoms with van der Waals surface area (Å²) in [6, 6.07) is 11.3. The molecule has 60 heavy (non-hydrogen) atoms. The predicted octanol–water partition coefficient (Wildman–Crippen LogP) is 3.40. The van der Waals surface area contributed by atoms with E-state index in [1.54, 1.807) is 69.6 Å². The van der Waals surface area contributed by atoms with Gasteiger partial charge in [-0.05, 0) is 67.0 Å². The van der Waals surface area contributed by atoms with E-state index < -0.39 is 23.8 Å². The number of nitrogens with zero attached hydrogens (tertiary/aromatic N) is 4. The molecule has 0 bridgehead atoms. The predicted molar refractivity (Wildman–Crippen MR) is 227 cm³/mol. The van der Waals surface area contributed by atoms with Crippen LogP contribution in [0, 0.1) is 0 Å². The number of pyridine rings is 2. The van der Waals surface area contributed by atoms with Crippen LogP contribution in [0.15, 0.2) is 77.7 Å². The van der Waals surface area contributed by atoms with Gasteiger partial charge >= 0.3 is 0 Å². The molecular weight excluding hydrogens is 771 g/mol. The second-order valence-corrected chi connectivity index (χ2v) is 14.5. The zero-order valence-corrected chi connectivity index (χ0v) is 34.9. The molecule has 6 rings (SSSR count). The lowest BCUT2D eigenvalue weighted by Gasteiger charge is -2.39. The number of rotatable bonds is 20. The van der Waals surface area contributed by atoms with Gasteiger partial charge in [-0.1, -0.05) is 12.1 Å². The highest BCUT2D eigenvalue weighted by molar-refractivity contribution is 6.22. The number of likely N-dealkylation sites (N-methyl/N-ethyl adjacent to an activating group) is 1. The van der Waals surface area contributed by atoms with Crippen LogP contribution in [-0.4, -0.2) is 117 Å². The van der Waals surface area contributed by atoms with Crippen LogP contribution in [0.3, 0.4) is 0 Å². The first kappa shape index (κ1) is 45.0. The summed E-state index contributed by atoms with van der Waals surface area (Å²) in [7, 11) is 8.22. The van der Waals surface area contributed by atoms with Crippen molar-refractivity contribution in [1.82, 2.24) is 30.0 Å². The molecule has 1 saturated heterocycles. The van der Waals surface area contributed by atoms with Gasteiger partial charge < -0.3 is 44.7 Å². The highest BCUT2D eigenvalue weighted by Gasteiger charge is 2.42. The van der Waals surface area contributed by atoms with Crippen molar-refractivity contribution in [2.75, 3.05) is 61.2 Å². The van der Waals surface area contributed by atoms with Crippen molar-refractivity contribution in [2.24, 2.45) is 12.8 Å². The summed E-state index contributed by atoms with van der Waals surface area (Å²) in [4.78, 5) is 66.9. The minimum absolute atomic E-state index is 0.0841. The fraction of sp³-hybridized carbons (Fsp3) is 0.409. The van der Waals surface area contributed by atoms with Crippen molar-refractivity contribution < 1.29 is 38.1 Å². The number of aryl methyl sites for hydroxylation is 1. The molecule has 2 aliphatic heterocycles. The van der Waals surface area contributed by atoms with Crippen LogP contribution in [0.4, 0.5) is 0 Å². The van der Waals surface area contributed by atoms with Gasteiger partial charge in [-0.2, -0.15) is 0 Å². The molecule has 2 aliphatic rings. The van der Waals surface area contributed by atoms with Crippen LogP contribution in [-0.2, 0) is 32.7 Å². The molecule has 4 aromatic rings. The number of nitrogens with one attached hydrogen (secondary N) is 2. The molecule has 320 valence electrons. The summed E-state index contributed by atoms with van der Waals surface area (Å²) in [6.45, 7) is 4.36. The van der Waals surface area contributed by atoms with Crippen molar-refractivity contribution in [3.8, 4) is 22.6 Å². The Labute approximate surface area is 349 Å². The van der Waals surface area contributed by atoms with Gasteiger partial charge in [0.15, 0.2) is 0 Å². The second-order valence-electron chi connectivity index (χ2n) is 14.5. The molecule has 0 saturated carbocycles. The molecule has 4 heterocycles. The number of aromatic nitrogens is 2. The highest BCUT2D eigenvalue weighted by Crippen LogP contribution is 2.38. The summed E-state index contributed by atoms with van der Waals surface area (Å²) < 4.78 is 24.2. The van der Waals surface area contributed by atoms with Crippen molar-refractivity contribution in [1.29, 1.82) is 0 Å². The van der Waals surface area contributed by atoms with Crippen molar-refractivity contribution >= 4 is 34.8 Å². The van der Waals surface area contributed by atoms with E-state index in [1.807, 2.05) is 30.6 Å². The number of carbonyl (C=O) groups is 4. The van der Waals surface area contributed by atoms with E-state index >= 15 is 0 Å². The number of fused-ring (bicyclic) bond motifs is 2. The molecule has 1 unspecified atom stereocenters. The van der Waals surface area contributed by atoms with Gasteiger partial charge in [0.1, 0.15) is 23.8 Å². The molecule has 4 N–H and O–H groups in total. The molecule has 3 amide bonds. The number of benzene rings is 2. The lowest BCUT2D eigenvalue weighted by molar-refractivity contribution is -0.124. The van der Waals surface area contributed by atoms with Crippen LogP contribution in [0.1, 0.15) is 58.4 Å². The Morgan fingerprint density at radius 1 is 0.967 bits per heavy atom. The molecule has 0 radical (unpaired) electrons. The third-order valence-electron chi connectivity index (χ3n) is 10.4. The van der Waals surface area contributed by atoms with Gasteiger partial charge in [-0.25, -0.2) is 0 Å². The third kappa shape index (κ3) is 10.7. The largest absolute Gasteiger partial charge is 0.496 e. The number of aldehydes is 1. The minimum Gasteiger partial charge on any atom is -0.496 e. The third-order valence-corrected chi connectivity index (χ3v) is 10.4. The number of methoxy groups -OCH3 is 3. The monoisotopic (exact) mass is 825 g/mol. The number of hydrogen-bond acceptors (Lipinski definition) is 13. The number of amides is 3. The van der Waals surface area contributed by atoms with Gasteiger partial charge in [0.05, 0.1) is 54.7 Å². The van der Waals surface area contributed by atoms with E-state index in [1.165, 1.54) is 7.05 Å². The smallest absolute Gasteiger partial charge is 0.262 e. The topological polar surface area (TPSA) is 197 Å². The first-order chi connectivity index (χ1) is 29.1. The quantitative estimate of drug-likeness (QED) is 0.0667. The van der Waals surface area contributed by atoms with Crippen LogP contribution < -0.4 is 31.4 Å². The van der Waals surface area contributed by atoms with E-state index in [0.29, 0.717) is 30.5 Å². The minimum atomic E-state index is -0.961. The Balaban J connectivity index is 0.000000285. The number of likely N-dealkylation sites (tertiary alicyclic amines) is 1. The van der Waals surface area contributed by atoms with Crippen molar-refractivity contribution in [3.05, 3.63) is 100.0 Å². The lowest BCUT2D eigenvalue weighted by atomic mass is 9.98. The second kappa shape index (κ2) is 21.8. The SMILES string of the molecule is CNC(=O)C(CCC=O)N1C(=O)c2ccccc2C1=O.COCCCCCN/C=C(\N)COC1CN(Cc2c(OC)cc(-c3cn(C)c(=O)c4cnccc34)cc2OC)C1. The number of imide groups is 1. The maximum Gasteiger partial charge on any atom is 0.262 e. The molecule has 0 spiro atoms. The summed E-state index contributed by atoms with van der Waals surface area (Å²) in [6.07, 6.45) is 11.3. The maximum absolute atomic E-state index is 12.6. The van der Waals surface area contributed by atoms with E-state index in [2.05, 4.69) is 20.5 Å². The Morgan fingerprint density at radius 3 is 2.27 bits per heavy atom. The number of carbonyl (C=O) groups excluding carboxylic acids is 4. The van der Waals surface area contributed by atoms with Crippen molar-refractivity contribution in [2.45, 2.75) is 50.8 Å². The number of ether oxygens (including phenoxy) is 4. The highest BCUT2D eigenvalue weighted by atomic mass is 16.5. The Morgan fingerprint density at radius 2 is 1.65 bits per heavy atom.